The van der Waals surface area contributed by atoms with Crippen molar-refractivity contribution >= 4 is 31.8 Å². The number of aliphatic imine (C=N–C) groups is 1. The second-order valence-corrected chi connectivity index (χ2v) is 7.06. The van der Waals surface area contributed by atoms with Gasteiger partial charge < -0.3 is 0 Å². The maximum atomic E-state index is 12.5. The van der Waals surface area contributed by atoms with Gasteiger partial charge in [0, 0.05) is 4.47 Å². The van der Waals surface area contributed by atoms with E-state index in [-0.39, 0.29) is 0 Å². The monoisotopic (exact) mass is 330 g/mol. The van der Waals surface area contributed by atoms with Crippen molar-refractivity contribution in [2.24, 2.45) is 4.99 Å². The lowest BCUT2D eigenvalue weighted by molar-refractivity contribution is 0.536. The maximum absolute atomic E-state index is 12.5. The Labute approximate surface area is 116 Å². The second kappa shape index (κ2) is 4.66. The molecule has 0 unspecified atom stereocenters. The predicted octanol–water partition coefficient (Wildman–Crippen LogP) is 2.49. The molecule has 18 heavy (non-hydrogen) atoms. The third-order valence-corrected chi connectivity index (χ3v) is 5.96. The first-order chi connectivity index (χ1) is 8.34. The number of aryl methyl sites for hydroxylation is 2. The molecule has 1 heterocycles. The summed E-state index contributed by atoms with van der Waals surface area (Å²) in [5.41, 5.74) is 2.03. The summed E-state index contributed by atoms with van der Waals surface area (Å²) >= 11 is 3.34. The van der Waals surface area contributed by atoms with Crippen molar-refractivity contribution in [1.29, 1.82) is 0 Å². The Morgan fingerprint density at radius 1 is 1.22 bits per heavy atom. The molecule has 0 atom stereocenters. The lowest BCUT2D eigenvalue weighted by Gasteiger charge is -2.20. The smallest absolute Gasteiger partial charge is 0.266 e. The van der Waals surface area contributed by atoms with Crippen molar-refractivity contribution < 1.29 is 8.42 Å². The molecule has 6 heteroatoms. The Balaban J connectivity index is 2.55. The average Bonchev–Trinajstić information content (AvgIpc) is 2.70. The van der Waals surface area contributed by atoms with E-state index < -0.39 is 10.0 Å². The fourth-order valence-corrected chi connectivity index (χ4v) is 4.58. The summed E-state index contributed by atoms with van der Waals surface area (Å²) in [7, 11) is -3.50. The van der Waals surface area contributed by atoms with Gasteiger partial charge in [0.25, 0.3) is 10.0 Å². The van der Waals surface area contributed by atoms with Crippen LogP contribution in [0.15, 0.2) is 26.5 Å². The van der Waals surface area contributed by atoms with Gasteiger partial charge in [-0.25, -0.2) is 8.42 Å². The summed E-state index contributed by atoms with van der Waals surface area (Å²) in [5, 5.41) is 0. The summed E-state index contributed by atoms with van der Waals surface area (Å²) < 4.78 is 27.1. The van der Waals surface area contributed by atoms with E-state index in [1.165, 1.54) is 4.31 Å². The summed E-state index contributed by atoms with van der Waals surface area (Å²) in [6.45, 7) is 6.55. The van der Waals surface area contributed by atoms with Crippen LogP contribution in [0, 0.1) is 13.8 Å². The average molecular weight is 331 g/mol. The molecular weight excluding hydrogens is 316 g/mol. The summed E-state index contributed by atoms with van der Waals surface area (Å²) in [6, 6.07) is 3.55. The van der Waals surface area contributed by atoms with E-state index in [2.05, 4.69) is 20.9 Å². The van der Waals surface area contributed by atoms with Crippen LogP contribution in [0.3, 0.4) is 0 Å². The lowest BCUT2D eigenvalue weighted by Crippen LogP contribution is -2.33. The third kappa shape index (κ3) is 2.19. The standard InChI is InChI=1S/C12H15BrN2O2S/c1-8-6-11(13)12(7-9(8)2)18(16,17)15-5-4-14-10(15)3/h6-7H,4-5H2,1-3H3. The Hall–Kier alpha value is -0.880. The van der Waals surface area contributed by atoms with E-state index in [1.54, 1.807) is 13.0 Å². The van der Waals surface area contributed by atoms with Gasteiger partial charge in [-0.1, -0.05) is 0 Å². The molecule has 0 radical (unpaired) electrons. The molecular formula is C12H15BrN2O2S. The van der Waals surface area contributed by atoms with Crippen molar-refractivity contribution in [2.45, 2.75) is 25.7 Å². The van der Waals surface area contributed by atoms with E-state index in [0.29, 0.717) is 28.3 Å². The third-order valence-electron chi connectivity index (χ3n) is 3.12. The van der Waals surface area contributed by atoms with Crippen LogP contribution in [0.1, 0.15) is 18.1 Å². The fraction of sp³-hybridized carbons (Fsp3) is 0.417. The van der Waals surface area contributed by atoms with E-state index in [4.69, 9.17) is 0 Å². The van der Waals surface area contributed by atoms with Gasteiger partial charge >= 0.3 is 0 Å². The quantitative estimate of drug-likeness (QED) is 0.836. The molecule has 1 aliphatic rings. The van der Waals surface area contributed by atoms with Gasteiger partial charge in [-0.05, 0) is 60.0 Å². The topological polar surface area (TPSA) is 49.7 Å². The molecule has 0 aliphatic carbocycles. The van der Waals surface area contributed by atoms with E-state index in [9.17, 15) is 8.42 Å². The van der Waals surface area contributed by atoms with Crippen LogP contribution in [-0.4, -0.2) is 31.6 Å². The van der Waals surface area contributed by atoms with Gasteiger partial charge in [0.15, 0.2) is 0 Å². The second-order valence-electron chi connectivity index (χ2n) is 4.37. The number of amidine groups is 1. The first-order valence-electron chi connectivity index (χ1n) is 5.64. The number of sulfonamides is 1. The van der Waals surface area contributed by atoms with Crippen LogP contribution in [0.4, 0.5) is 0 Å². The summed E-state index contributed by atoms with van der Waals surface area (Å²) in [4.78, 5) is 4.43. The van der Waals surface area contributed by atoms with Crippen LogP contribution in [0.25, 0.3) is 0 Å². The zero-order valence-corrected chi connectivity index (χ0v) is 13.0. The molecule has 0 spiro atoms. The lowest BCUT2D eigenvalue weighted by atomic mass is 10.1. The Bertz CT molecular complexity index is 623. The van der Waals surface area contributed by atoms with Crippen molar-refractivity contribution in [2.75, 3.05) is 13.1 Å². The van der Waals surface area contributed by atoms with Gasteiger partial charge in [0.05, 0.1) is 13.1 Å². The van der Waals surface area contributed by atoms with E-state index in [1.807, 2.05) is 19.9 Å². The van der Waals surface area contributed by atoms with Crippen LogP contribution in [0.5, 0.6) is 0 Å². The zero-order chi connectivity index (χ0) is 13.5. The minimum Gasteiger partial charge on any atom is -0.270 e. The normalized spacial score (nSPS) is 16.0. The molecule has 1 aromatic rings. The first-order valence-corrected chi connectivity index (χ1v) is 7.88. The Morgan fingerprint density at radius 2 is 1.83 bits per heavy atom. The molecule has 0 fully saturated rings. The molecule has 0 saturated heterocycles. The van der Waals surface area contributed by atoms with Crippen molar-refractivity contribution in [3.05, 3.63) is 27.7 Å². The van der Waals surface area contributed by atoms with Crippen LogP contribution < -0.4 is 0 Å². The van der Waals surface area contributed by atoms with Crippen LogP contribution >= 0.6 is 15.9 Å². The minimum atomic E-state index is -3.50. The van der Waals surface area contributed by atoms with Crippen molar-refractivity contribution in [3.63, 3.8) is 0 Å². The van der Waals surface area contributed by atoms with Gasteiger partial charge in [0.2, 0.25) is 0 Å². The molecule has 0 bridgehead atoms. The van der Waals surface area contributed by atoms with Crippen molar-refractivity contribution in [1.82, 2.24) is 4.31 Å². The fourth-order valence-electron chi connectivity index (χ4n) is 1.91. The molecule has 0 saturated carbocycles. The molecule has 0 N–H and O–H groups in total. The van der Waals surface area contributed by atoms with E-state index in [0.717, 1.165) is 11.1 Å². The van der Waals surface area contributed by atoms with Crippen molar-refractivity contribution in [3.8, 4) is 0 Å². The summed E-state index contributed by atoms with van der Waals surface area (Å²) in [5.74, 6) is 0.556. The number of nitrogens with zero attached hydrogens (tertiary/aromatic N) is 2. The molecule has 2 rings (SSSR count). The van der Waals surface area contributed by atoms with Crippen LogP contribution in [-0.2, 0) is 10.0 Å². The Morgan fingerprint density at radius 3 is 2.39 bits per heavy atom. The van der Waals surface area contributed by atoms with Gasteiger partial charge in [-0.3, -0.25) is 9.30 Å². The first kappa shape index (κ1) is 13.5. The number of hydrogen-bond donors (Lipinski definition) is 0. The highest BCUT2D eigenvalue weighted by Crippen LogP contribution is 2.29. The Kier molecular flexibility index (Phi) is 3.51. The summed E-state index contributed by atoms with van der Waals surface area (Å²) in [6.07, 6.45) is 0. The predicted molar refractivity (Wildman–Crippen MR) is 75.5 cm³/mol. The highest BCUT2D eigenvalue weighted by Gasteiger charge is 2.30. The highest BCUT2D eigenvalue weighted by atomic mass is 79.9. The number of rotatable bonds is 2. The molecule has 98 valence electrons. The molecule has 1 aromatic carbocycles. The molecule has 0 aromatic heterocycles. The highest BCUT2D eigenvalue weighted by molar-refractivity contribution is 9.10. The molecule has 1 aliphatic heterocycles. The van der Waals surface area contributed by atoms with Gasteiger partial charge in [0.1, 0.15) is 10.7 Å². The zero-order valence-electron chi connectivity index (χ0n) is 10.6. The molecule has 0 amide bonds. The minimum absolute atomic E-state index is 0.307. The molecule has 4 nitrogen and oxygen atoms in total. The maximum Gasteiger partial charge on any atom is 0.266 e. The van der Waals surface area contributed by atoms with Gasteiger partial charge in [-0.2, -0.15) is 0 Å². The van der Waals surface area contributed by atoms with Crippen LogP contribution in [0.2, 0.25) is 0 Å². The number of halogens is 1. The largest absolute Gasteiger partial charge is 0.270 e. The van der Waals surface area contributed by atoms with Gasteiger partial charge in [-0.15, -0.1) is 0 Å². The van der Waals surface area contributed by atoms with E-state index >= 15 is 0 Å². The SMILES string of the molecule is CC1=NCCN1S(=O)(=O)c1cc(C)c(C)cc1Br. The number of hydrogen-bond acceptors (Lipinski definition) is 3. The number of benzene rings is 1.